The van der Waals surface area contributed by atoms with Crippen molar-refractivity contribution in [3.63, 3.8) is 0 Å². The molecule has 2 aromatic heterocycles. The van der Waals surface area contributed by atoms with E-state index in [-0.39, 0.29) is 5.78 Å². The van der Waals surface area contributed by atoms with Crippen molar-refractivity contribution in [2.45, 2.75) is 6.92 Å². The van der Waals surface area contributed by atoms with Crippen LogP contribution < -0.4 is 0 Å². The number of carbonyl (C=O) groups is 1. The number of halogens is 2. The molecule has 0 radical (unpaired) electrons. The van der Waals surface area contributed by atoms with E-state index < -0.39 is 0 Å². The fourth-order valence-electron chi connectivity index (χ4n) is 1.19. The predicted octanol–water partition coefficient (Wildman–Crippen LogP) is 4.76. The van der Waals surface area contributed by atoms with Crippen LogP contribution in [-0.2, 0) is 0 Å². The number of ketones is 1. The summed E-state index contributed by atoms with van der Waals surface area (Å²) in [6, 6.07) is 5.46. The summed E-state index contributed by atoms with van der Waals surface area (Å²) in [5, 5.41) is 0. The summed E-state index contributed by atoms with van der Waals surface area (Å²) in [4.78, 5) is 14.6. The fraction of sp³-hybridized carbons (Fsp3) is 0.100. The largest absolute Gasteiger partial charge is 0.287 e. The van der Waals surface area contributed by atoms with Gasteiger partial charge in [0.2, 0.25) is 5.78 Å². The molecule has 0 fully saturated rings. The topological polar surface area (TPSA) is 17.1 Å². The Morgan fingerprint density at radius 2 is 2.13 bits per heavy atom. The number of carbonyl (C=O) groups excluding carboxylic acids is 1. The Bertz CT molecular complexity index is 515. The quantitative estimate of drug-likeness (QED) is 0.729. The monoisotopic (exact) mass is 320 g/mol. The Morgan fingerprint density at radius 3 is 2.60 bits per heavy atom. The molecule has 2 heterocycles. The van der Waals surface area contributed by atoms with Gasteiger partial charge in [0.1, 0.15) is 0 Å². The van der Waals surface area contributed by atoms with E-state index in [0.29, 0.717) is 9.21 Å². The summed E-state index contributed by atoms with van der Waals surface area (Å²) in [7, 11) is 0. The molecule has 0 N–H and O–H groups in total. The molecule has 0 saturated heterocycles. The maximum atomic E-state index is 12.0. The molecule has 0 spiro atoms. The lowest BCUT2D eigenvalue weighted by Crippen LogP contribution is -1.95. The van der Waals surface area contributed by atoms with Crippen LogP contribution in [0.5, 0.6) is 0 Å². The van der Waals surface area contributed by atoms with Gasteiger partial charge in [0.25, 0.3) is 0 Å². The highest BCUT2D eigenvalue weighted by atomic mass is 79.9. The van der Waals surface area contributed by atoms with E-state index >= 15 is 0 Å². The summed E-state index contributed by atoms with van der Waals surface area (Å²) < 4.78 is 1.50. The molecule has 78 valence electrons. The molecule has 15 heavy (non-hydrogen) atoms. The van der Waals surface area contributed by atoms with Gasteiger partial charge in [-0.15, -0.1) is 22.7 Å². The Kier molecular flexibility index (Phi) is 3.30. The Morgan fingerprint density at radius 1 is 1.40 bits per heavy atom. The Balaban J connectivity index is 2.40. The predicted molar refractivity (Wildman–Crippen MR) is 69.5 cm³/mol. The van der Waals surface area contributed by atoms with E-state index in [2.05, 4.69) is 15.9 Å². The molecular weight excluding hydrogens is 316 g/mol. The number of rotatable bonds is 2. The second-order valence-corrected chi connectivity index (χ2v) is 6.79. The zero-order valence-corrected chi connectivity index (χ0v) is 11.7. The molecule has 0 saturated carbocycles. The van der Waals surface area contributed by atoms with Gasteiger partial charge < -0.3 is 0 Å². The number of thiophene rings is 2. The molecule has 2 rings (SSSR count). The third kappa shape index (κ3) is 2.33. The van der Waals surface area contributed by atoms with Crippen LogP contribution in [0.1, 0.15) is 19.4 Å². The minimum Gasteiger partial charge on any atom is -0.287 e. The summed E-state index contributed by atoms with van der Waals surface area (Å²) in [6.45, 7) is 1.98. The maximum absolute atomic E-state index is 12.0. The molecule has 0 unspecified atom stereocenters. The van der Waals surface area contributed by atoms with Crippen LogP contribution in [0.25, 0.3) is 0 Å². The molecule has 0 aliphatic carbocycles. The van der Waals surface area contributed by atoms with Crippen LogP contribution in [0.2, 0.25) is 4.34 Å². The molecule has 0 aliphatic rings. The van der Waals surface area contributed by atoms with Gasteiger partial charge in [-0.2, -0.15) is 0 Å². The average molecular weight is 322 g/mol. The maximum Gasteiger partial charge on any atom is 0.214 e. The molecule has 0 aliphatic heterocycles. The van der Waals surface area contributed by atoms with Gasteiger partial charge >= 0.3 is 0 Å². The number of aryl methyl sites for hydroxylation is 1. The first-order chi connectivity index (χ1) is 7.08. The fourth-order valence-corrected chi connectivity index (χ4v) is 4.02. The average Bonchev–Trinajstić information content (AvgIpc) is 2.71. The first-order valence-electron chi connectivity index (χ1n) is 4.14. The van der Waals surface area contributed by atoms with Crippen molar-refractivity contribution in [3.05, 3.63) is 41.6 Å². The van der Waals surface area contributed by atoms with Crippen molar-refractivity contribution < 1.29 is 4.79 Å². The highest BCUT2D eigenvalue weighted by molar-refractivity contribution is 9.10. The second-order valence-electron chi connectivity index (χ2n) is 2.97. The van der Waals surface area contributed by atoms with E-state index in [9.17, 15) is 4.79 Å². The first kappa shape index (κ1) is 11.3. The van der Waals surface area contributed by atoms with Crippen molar-refractivity contribution in [3.8, 4) is 0 Å². The van der Waals surface area contributed by atoms with E-state index in [1.807, 2.05) is 13.0 Å². The molecule has 0 aromatic carbocycles. The summed E-state index contributed by atoms with van der Waals surface area (Å²) in [6.07, 6.45) is 0. The van der Waals surface area contributed by atoms with Crippen LogP contribution in [-0.4, -0.2) is 5.78 Å². The summed E-state index contributed by atoms with van der Waals surface area (Å²) in [5.41, 5.74) is 0. The van der Waals surface area contributed by atoms with E-state index in [4.69, 9.17) is 11.6 Å². The molecule has 5 heteroatoms. The summed E-state index contributed by atoms with van der Waals surface area (Å²) in [5.74, 6) is 0.0388. The minimum absolute atomic E-state index is 0.0388. The van der Waals surface area contributed by atoms with Crippen LogP contribution in [0.15, 0.2) is 22.7 Å². The molecule has 0 amide bonds. The highest BCUT2D eigenvalue weighted by Gasteiger charge is 2.16. The smallest absolute Gasteiger partial charge is 0.214 e. The van der Waals surface area contributed by atoms with Gasteiger partial charge in [-0.1, -0.05) is 11.6 Å². The minimum atomic E-state index is 0.0388. The highest BCUT2D eigenvalue weighted by Crippen LogP contribution is 2.31. The third-order valence-corrected chi connectivity index (χ3v) is 4.98. The molecule has 1 nitrogen and oxygen atoms in total. The van der Waals surface area contributed by atoms with Crippen LogP contribution in [0, 0.1) is 6.92 Å². The first-order valence-corrected chi connectivity index (χ1v) is 6.94. The van der Waals surface area contributed by atoms with E-state index in [1.165, 1.54) is 22.7 Å². The van der Waals surface area contributed by atoms with Crippen molar-refractivity contribution in [1.29, 1.82) is 0 Å². The van der Waals surface area contributed by atoms with Crippen LogP contribution in [0.3, 0.4) is 0 Å². The van der Waals surface area contributed by atoms with Gasteiger partial charge in [0, 0.05) is 9.35 Å². The zero-order chi connectivity index (χ0) is 11.0. The Hall–Kier alpha value is -0.160. The van der Waals surface area contributed by atoms with Gasteiger partial charge in [0.05, 0.1) is 14.1 Å². The van der Waals surface area contributed by atoms with Crippen LogP contribution >= 0.6 is 50.2 Å². The van der Waals surface area contributed by atoms with E-state index in [0.717, 1.165) is 14.2 Å². The second kappa shape index (κ2) is 4.37. The molecule has 0 bridgehead atoms. The van der Waals surface area contributed by atoms with Gasteiger partial charge in [-0.05, 0) is 41.1 Å². The third-order valence-electron chi connectivity index (χ3n) is 1.81. The van der Waals surface area contributed by atoms with Crippen molar-refractivity contribution >= 4 is 56.0 Å². The molecule has 0 atom stereocenters. The van der Waals surface area contributed by atoms with Crippen LogP contribution in [0.4, 0.5) is 0 Å². The Labute approximate surface area is 109 Å². The van der Waals surface area contributed by atoms with E-state index in [1.54, 1.807) is 12.1 Å². The SMILES string of the molecule is Cc1cc(Br)c(C(=O)c2ccc(Cl)s2)s1. The molecule has 2 aromatic rings. The number of hydrogen-bond acceptors (Lipinski definition) is 3. The lowest BCUT2D eigenvalue weighted by atomic mass is 10.3. The van der Waals surface area contributed by atoms with Crippen molar-refractivity contribution in [2.75, 3.05) is 0 Å². The summed E-state index contributed by atoms with van der Waals surface area (Å²) >= 11 is 12.0. The zero-order valence-electron chi connectivity index (χ0n) is 7.71. The van der Waals surface area contributed by atoms with Gasteiger partial charge in [-0.25, -0.2) is 0 Å². The number of hydrogen-bond donors (Lipinski definition) is 0. The van der Waals surface area contributed by atoms with Gasteiger partial charge in [0.15, 0.2) is 0 Å². The normalized spacial score (nSPS) is 10.6. The lowest BCUT2D eigenvalue weighted by Gasteiger charge is -1.93. The lowest BCUT2D eigenvalue weighted by molar-refractivity contribution is 0.104. The van der Waals surface area contributed by atoms with Gasteiger partial charge in [-0.3, -0.25) is 4.79 Å². The van der Waals surface area contributed by atoms with Crippen molar-refractivity contribution in [2.24, 2.45) is 0 Å². The standard InChI is InChI=1S/C10H6BrClOS2/c1-5-4-6(11)10(14-5)9(13)7-2-3-8(12)15-7/h2-4H,1H3. The molecular formula is C10H6BrClOS2. The van der Waals surface area contributed by atoms with Crippen molar-refractivity contribution in [1.82, 2.24) is 0 Å².